The predicted molar refractivity (Wildman–Crippen MR) is 72.3 cm³/mol. The molecule has 2 heterocycles. The van der Waals surface area contributed by atoms with E-state index in [0.29, 0.717) is 5.82 Å². The molecule has 94 valence electrons. The summed E-state index contributed by atoms with van der Waals surface area (Å²) in [4.78, 5) is 18.3. The minimum Gasteiger partial charge on any atom is -0.478 e. The van der Waals surface area contributed by atoms with Gasteiger partial charge < -0.3 is 10.0 Å². The fourth-order valence-corrected chi connectivity index (χ4v) is 2.49. The summed E-state index contributed by atoms with van der Waals surface area (Å²) in [6.45, 7) is 2.07. The Bertz CT molecular complexity index is 540. The molecule has 0 fully saturated rings. The van der Waals surface area contributed by atoms with E-state index in [1.165, 1.54) is 17.1 Å². The number of carboxylic acids is 1. The highest BCUT2D eigenvalue weighted by atomic mass is 32.1. The van der Waals surface area contributed by atoms with E-state index in [-0.39, 0.29) is 11.6 Å². The summed E-state index contributed by atoms with van der Waals surface area (Å²) >= 11 is 1.68. The highest BCUT2D eigenvalue weighted by Gasteiger charge is 2.15. The summed E-state index contributed by atoms with van der Waals surface area (Å²) in [5.74, 6) is -0.272. The van der Waals surface area contributed by atoms with Gasteiger partial charge in [0.2, 0.25) is 0 Å². The maximum Gasteiger partial charge on any atom is 0.335 e. The zero-order valence-electron chi connectivity index (χ0n) is 10.2. The second kappa shape index (κ2) is 5.18. The van der Waals surface area contributed by atoms with Crippen LogP contribution < -0.4 is 4.90 Å². The van der Waals surface area contributed by atoms with Crippen molar-refractivity contribution in [2.24, 2.45) is 0 Å². The van der Waals surface area contributed by atoms with Crippen LogP contribution in [0.3, 0.4) is 0 Å². The minimum absolute atomic E-state index is 0.168. The zero-order chi connectivity index (χ0) is 13.1. The van der Waals surface area contributed by atoms with E-state index in [2.05, 4.69) is 18.0 Å². The van der Waals surface area contributed by atoms with Crippen molar-refractivity contribution in [3.05, 3.63) is 46.3 Å². The molecule has 18 heavy (non-hydrogen) atoms. The Morgan fingerprint density at radius 1 is 1.50 bits per heavy atom. The number of carbonyl (C=O) groups is 1. The van der Waals surface area contributed by atoms with Crippen molar-refractivity contribution in [3.8, 4) is 0 Å². The summed E-state index contributed by atoms with van der Waals surface area (Å²) in [7, 11) is 1.92. The van der Waals surface area contributed by atoms with E-state index in [4.69, 9.17) is 5.11 Å². The van der Waals surface area contributed by atoms with Crippen LogP contribution in [0.1, 0.15) is 28.2 Å². The molecule has 2 aromatic heterocycles. The SMILES string of the molecule is CC(c1cccs1)N(C)c1cc(C(=O)O)ccn1. The van der Waals surface area contributed by atoms with Gasteiger partial charge in [-0.2, -0.15) is 0 Å². The van der Waals surface area contributed by atoms with Crippen LogP contribution in [0.15, 0.2) is 35.8 Å². The van der Waals surface area contributed by atoms with Crippen molar-refractivity contribution >= 4 is 23.1 Å². The van der Waals surface area contributed by atoms with Gasteiger partial charge in [-0.15, -0.1) is 11.3 Å². The largest absolute Gasteiger partial charge is 0.478 e. The average molecular weight is 262 g/mol. The molecule has 0 aliphatic carbocycles. The minimum atomic E-state index is -0.934. The molecule has 0 aliphatic rings. The molecule has 0 aliphatic heterocycles. The first-order chi connectivity index (χ1) is 8.59. The predicted octanol–water partition coefficient (Wildman–Crippen LogP) is 3.04. The molecule has 4 nitrogen and oxygen atoms in total. The molecule has 1 N–H and O–H groups in total. The number of rotatable bonds is 4. The Kier molecular flexibility index (Phi) is 3.62. The van der Waals surface area contributed by atoms with Gasteiger partial charge in [-0.3, -0.25) is 0 Å². The van der Waals surface area contributed by atoms with Crippen LogP contribution >= 0.6 is 11.3 Å². The number of pyridine rings is 1. The second-order valence-corrected chi connectivity index (χ2v) is 4.99. The van der Waals surface area contributed by atoms with E-state index < -0.39 is 5.97 Å². The smallest absolute Gasteiger partial charge is 0.335 e. The highest BCUT2D eigenvalue weighted by Crippen LogP contribution is 2.27. The first-order valence-corrected chi connectivity index (χ1v) is 6.43. The van der Waals surface area contributed by atoms with Crippen molar-refractivity contribution in [1.82, 2.24) is 4.98 Å². The van der Waals surface area contributed by atoms with Crippen LogP contribution in [0, 0.1) is 0 Å². The molecule has 0 amide bonds. The van der Waals surface area contributed by atoms with Gasteiger partial charge in [0.05, 0.1) is 11.6 Å². The third kappa shape index (κ3) is 2.51. The molecule has 0 bridgehead atoms. The van der Waals surface area contributed by atoms with Crippen LogP contribution in [0.2, 0.25) is 0 Å². The van der Waals surface area contributed by atoms with Crippen LogP contribution in [-0.4, -0.2) is 23.1 Å². The van der Waals surface area contributed by atoms with Crippen molar-refractivity contribution < 1.29 is 9.90 Å². The Morgan fingerprint density at radius 2 is 2.28 bits per heavy atom. The molecule has 1 unspecified atom stereocenters. The molecule has 2 aromatic rings. The summed E-state index contributed by atoms with van der Waals surface area (Å²) in [6.07, 6.45) is 1.52. The van der Waals surface area contributed by atoms with Gasteiger partial charge in [-0.1, -0.05) is 6.07 Å². The molecular formula is C13H14N2O2S. The van der Waals surface area contributed by atoms with Crippen LogP contribution in [0.4, 0.5) is 5.82 Å². The number of thiophene rings is 1. The van der Waals surface area contributed by atoms with Gasteiger partial charge in [0.25, 0.3) is 0 Å². The first kappa shape index (κ1) is 12.6. The van der Waals surface area contributed by atoms with Gasteiger partial charge >= 0.3 is 5.97 Å². The van der Waals surface area contributed by atoms with Gasteiger partial charge in [0.1, 0.15) is 5.82 Å². The number of aromatic carboxylic acids is 1. The first-order valence-electron chi connectivity index (χ1n) is 5.55. The molecule has 1 atom stereocenters. The van der Waals surface area contributed by atoms with Gasteiger partial charge in [0.15, 0.2) is 0 Å². The molecule has 0 radical (unpaired) electrons. The zero-order valence-corrected chi connectivity index (χ0v) is 11.0. The fraction of sp³-hybridized carbons (Fsp3) is 0.231. The maximum absolute atomic E-state index is 10.9. The lowest BCUT2D eigenvalue weighted by Gasteiger charge is -2.25. The monoisotopic (exact) mass is 262 g/mol. The van der Waals surface area contributed by atoms with Gasteiger partial charge in [-0.25, -0.2) is 9.78 Å². The van der Waals surface area contributed by atoms with Gasteiger partial charge in [0, 0.05) is 18.1 Å². The highest BCUT2D eigenvalue weighted by molar-refractivity contribution is 7.10. The standard InChI is InChI=1S/C13H14N2O2S/c1-9(11-4-3-7-18-11)15(2)12-8-10(13(16)17)5-6-14-12/h3-9H,1-2H3,(H,16,17). The summed E-state index contributed by atoms with van der Waals surface area (Å²) in [6, 6.07) is 7.32. The van der Waals surface area contributed by atoms with Crippen LogP contribution in [0.5, 0.6) is 0 Å². The van der Waals surface area contributed by atoms with E-state index in [1.807, 2.05) is 23.4 Å². The Morgan fingerprint density at radius 3 is 2.89 bits per heavy atom. The number of nitrogens with zero attached hydrogens (tertiary/aromatic N) is 2. The van der Waals surface area contributed by atoms with Crippen LogP contribution in [0.25, 0.3) is 0 Å². The molecule has 0 saturated carbocycles. The molecule has 0 spiro atoms. The third-order valence-electron chi connectivity index (χ3n) is 2.89. The summed E-state index contributed by atoms with van der Waals surface area (Å²) < 4.78 is 0. The van der Waals surface area contributed by atoms with Crippen molar-refractivity contribution in [2.45, 2.75) is 13.0 Å². The quantitative estimate of drug-likeness (QED) is 0.920. The maximum atomic E-state index is 10.9. The Balaban J connectivity index is 2.25. The Hall–Kier alpha value is -1.88. The lowest BCUT2D eigenvalue weighted by atomic mass is 10.2. The number of hydrogen-bond donors (Lipinski definition) is 1. The molecular weight excluding hydrogens is 248 g/mol. The number of aromatic nitrogens is 1. The average Bonchev–Trinajstić information content (AvgIpc) is 2.91. The summed E-state index contributed by atoms with van der Waals surface area (Å²) in [5.41, 5.74) is 0.255. The molecule has 2 rings (SSSR count). The van der Waals surface area contributed by atoms with Crippen LogP contribution in [-0.2, 0) is 0 Å². The number of hydrogen-bond acceptors (Lipinski definition) is 4. The Labute approximate surface area is 110 Å². The third-order valence-corrected chi connectivity index (χ3v) is 3.93. The number of carboxylic acid groups (broad SMARTS) is 1. The molecule has 0 aromatic carbocycles. The van der Waals surface area contributed by atoms with Crippen molar-refractivity contribution in [3.63, 3.8) is 0 Å². The molecule has 5 heteroatoms. The lowest BCUT2D eigenvalue weighted by Crippen LogP contribution is -2.22. The molecule has 0 saturated heterocycles. The van der Waals surface area contributed by atoms with E-state index in [0.717, 1.165) is 0 Å². The van der Waals surface area contributed by atoms with E-state index >= 15 is 0 Å². The number of anilines is 1. The van der Waals surface area contributed by atoms with E-state index in [1.54, 1.807) is 17.4 Å². The summed E-state index contributed by atoms with van der Waals surface area (Å²) in [5, 5.41) is 11.0. The van der Waals surface area contributed by atoms with Gasteiger partial charge in [-0.05, 0) is 30.5 Å². The fourth-order valence-electron chi connectivity index (χ4n) is 1.66. The van der Waals surface area contributed by atoms with E-state index in [9.17, 15) is 4.79 Å². The second-order valence-electron chi connectivity index (χ2n) is 4.01. The van der Waals surface area contributed by atoms with Crippen molar-refractivity contribution in [2.75, 3.05) is 11.9 Å². The normalized spacial score (nSPS) is 12.1. The topological polar surface area (TPSA) is 53.4 Å². The lowest BCUT2D eigenvalue weighted by molar-refractivity contribution is 0.0697. The van der Waals surface area contributed by atoms with Crippen molar-refractivity contribution in [1.29, 1.82) is 0 Å².